The molecule has 124 valence electrons. The number of methoxy groups -OCH3 is 2. The number of nitrogens with one attached hydrogen (secondary N) is 1. The maximum Gasteiger partial charge on any atom is 0.289 e. The quantitative estimate of drug-likeness (QED) is 0.922. The molecular weight excluding hydrogens is 328 g/mol. The number of aliphatic imine (C=N–C) groups is 1. The van der Waals surface area contributed by atoms with Gasteiger partial charge in [0, 0.05) is 37.0 Å². The van der Waals surface area contributed by atoms with Crippen LogP contribution in [0.2, 0.25) is 0 Å². The Balaban J connectivity index is 1.98. The molecule has 1 amide bonds. The predicted molar refractivity (Wildman–Crippen MR) is 93.9 cm³/mol. The van der Waals surface area contributed by atoms with Crippen LogP contribution in [0.3, 0.4) is 0 Å². The molecule has 1 fully saturated rings. The number of nitrogens with zero attached hydrogens (tertiary/aromatic N) is 3. The van der Waals surface area contributed by atoms with Crippen LogP contribution >= 0.6 is 11.8 Å². The molecule has 2 aromatic rings. The van der Waals surface area contributed by atoms with Crippen LogP contribution in [0.4, 0.5) is 10.5 Å². The Bertz CT molecular complexity index is 819. The molecule has 0 saturated carbocycles. The van der Waals surface area contributed by atoms with Crippen molar-refractivity contribution in [2.45, 2.75) is 0 Å². The number of carbonyl (C=O) groups is 1. The van der Waals surface area contributed by atoms with E-state index < -0.39 is 0 Å². The van der Waals surface area contributed by atoms with E-state index in [0.717, 1.165) is 22.2 Å². The number of aryl methyl sites for hydroxylation is 1. The Morgan fingerprint density at radius 1 is 1.25 bits per heavy atom. The van der Waals surface area contributed by atoms with Crippen molar-refractivity contribution >= 4 is 34.6 Å². The van der Waals surface area contributed by atoms with Crippen LogP contribution in [0.5, 0.6) is 11.5 Å². The van der Waals surface area contributed by atoms with Gasteiger partial charge in [0.2, 0.25) is 0 Å². The highest BCUT2D eigenvalue weighted by Crippen LogP contribution is 2.31. The zero-order valence-electron chi connectivity index (χ0n) is 13.4. The Morgan fingerprint density at radius 2 is 1.96 bits per heavy atom. The fourth-order valence-corrected chi connectivity index (χ4v) is 2.90. The summed E-state index contributed by atoms with van der Waals surface area (Å²) in [6.07, 6.45) is 5.46. The number of amides is 1. The lowest BCUT2D eigenvalue weighted by molar-refractivity contribution is 0.265. The predicted octanol–water partition coefficient (Wildman–Crippen LogP) is 2.96. The molecule has 3 rings (SSSR count). The minimum Gasteiger partial charge on any atom is -0.497 e. The molecule has 0 aliphatic carbocycles. The third-order valence-corrected chi connectivity index (χ3v) is 4.07. The van der Waals surface area contributed by atoms with Crippen molar-refractivity contribution in [1.82, 2.24) is 15.1 Å². The highest BCUT2D eigenvalue weighted by molar-refractivity contribution is 8.18. The van der Waals surface area contributed by atoms with Gasteiger partial charge in [-0.05, 0) is 17.8 Å². The summed E-state index contributed by atoms with van der Waals surface area (Å²) in [4.78, 5) is 17.0. The molecule has 24 heavy (non-hydrogen) atoms. The van der Waals surface area contributed by atoms with Crippen LogP contribution in [0.1, 0.15) is 5.56 Å². The van der Waals surface area contributed by atoms with Gasteiger partial charge in [-0.1, -0.05) is 0 Å². The zero-order chi connectivity index (χ0) is 17.1. The van der Waals surface area contributed by atoms with Gasteiger partial charge in [-0.2, -0.15) is 5.10 Å². The molecule has 1 aromatic carbocycles. The standard InChI is InChI=1S/C16H16N4O3S/c1-20-9-10(8-17-20)4-14-15(19-16(21)24-14)18-11-5-12(22-2)7-13(6-11)23-3/h4-9H,1-3H3,(H,18,19,21). The van der Waals surface area contributed by atoms with Gasteiger partial charge in [-0.3, -0.25) is 9.48 Å². The first-order chi connectivity index (χ1) is 11.6. The first kappa shape index (κ1) is 16.1. The van der Waals surface area contributed by atoms with Crippen molar-refractivity contribution in [1.29, 1.82) is 0 Å². The molecular formula is C16H16N4O3S. The average molecular weight is 344 g/mol. The van der Waals surface area contributed by atoms with Crippen molar-refractivity contribution < 1.29 is 14.3 Å². The Morgan fingerprint density at radius 3 is 2.54 bits per heavy atom. The molecule has 2 heterocycles. The van der Waals surface area contributed by atoms with Crippen LogP contribution in [-0.4, -0.2) is 35.1 Å². The zero-order valence-corrected chi connectivity index (χ0v) is 14.3. The number of ether oxygens (including phenoxy) is 2. The summed E-state index contributed by atoms with van der Waals surface area (Å²) in [7, 11) is 4.99. The second kappa shape index (κ2) is 6.79. The maximum absolute atomic E-state index is 11.8. The molecule has 0 atom stereocenters. The second-order valence-electron chi connectivity index (χ2n) is 5.00. The number of rotatable bonds is 4. The first-order valence-corrected chi connectivity index (χ1v) is 7.90. The molecule has 1 aliphatic rings. The molecule has 0 radical (unpaired) electrons. The maximum atomic E-state index is 11.8. The molecule has 0 spiro atoms. The molecule has 1 aromatic heterocycles. The van der Waals surface area contributed by atoms with Crippen molar-refractivity contribution in [3.8, 4) is 11.5 Å². The molecule has 8 heteroatoms. The molecule has 1 aliphatic heterocycles. The normalized spacial score (nSPS) is 17.4. The summed E-state index contributed by atoms with van der Waals surface area (Å²) in [5.41, 5.74) is 1.52. The summed E-state index contributed by atoms with van der Waals surface area (Å²) in [6.45, 7) is 0. The number of amidine groups is 1. The third-order valence-electron chi connectivity index (χ3n) is 3.26. The third kappa shape index (κ3) is 3.60. The lowest BCUT2D eigenvalue weighted by atomic mass is 10.2. The van der Waals surface area contributed by atoms with E-state index in [-0.39, 0.29) is 5.24 Å². The summed E-state index contributed by atoms with van der Waals surface area (Å²) in [5, 5.41) is 6.70. The minimum atomic E-state index is -0.168. The second-order valence-corrected chi connectivity index (χ2v) is 6.02. The summed E-state index contributed by atoms with van der Waals surface area (Å²) in [5.74, 6) is 1.75. The van der Waals surface area contributed by atoms with Crippen molar-refractivity contribution in [3.63, 3.8) is 0 Å². The van der Waals surface area contributed by atoms with Gasteiger partial charge >= 0.3 is 0 Å². The van der Waals surface area contributed by atoms with E-state index in [2.05, 4.69) is 15.4 Å². The number of thioether (sulfide) groups is 1. The van der Waals surface area contributed by atoms with Crippen LogP contribution in [0.15, 0.2) is 40.5 Å². The number of benzene rings is 1. The fourth-order valence-electron chi connectivity index (χ4n) is 2.16. The van der Waals surface area contributed by atoms with Crippen LogP contribution in [-0.2, 0) is 7.05 Å². The van der Waals surface area contributed by atoms with Gasteiger partial charge in [0.25, 0.3) is 5.24 Å². The van der Waals surface area contributed by atoms with Crippen molar-refractivity contribution in [2.75, 3.05) is 14.2 Å². The highest BCUT2D eigenvalue weighted by Gasteiger charge is 2.23. The fraction of sp³-hybridized carbons (Fsp3) is 0.188. The van der Waals surface area contributed by atoms with Crippen LogP contribution < -0.4 is 14.8 Å². The van der Waals surface area contributed by atoms with Crippen molar-refractivity contribution in [3.05, 3.63) is 41.1 Å². The van der Waals surface area contributed by atoms with Gasteiger partial charge in [-0.25, -0.2) is 4.99 Å². The topological polar surface area (TPSA) is 77.7 Å². The van der Waals surface area contributed by atoms with E-state index in [0.29, 0.717) is 23.0 Å². The van der Waals surface area contributed by atoms with E-state index in [4.69, 9.17) is 9.47 Å². The summed E-state index contributed by atoms with van der Waals surface area (Å²) in [6, 6.07) is 5.30. The average Bonchev–Trinajstić information content (AvgIpc) is 3.12. The minimum absolute atomic E-state index is 0.168. The van der Waals surface area contributed by atoms with Gasteiger partial charge < -0.3 is 14.8 Å². The van der Waals surface area contributed by atoms with E-state index in [1.165, 1.54) is 0 Å². The monoisotopic (exact) mass is 344 g/mol. The largest absolute Gasteiger partial charge is 0.497 e. The molecule has 0 bridgehead atoms. The Hall–Kier alpha value is -2.74. The number of carbonyl (C=O) groups excluding carboxylic acids is 1. The van der Waals surface area contributed by atoms with Crippen LogP contribution in [0.25, 0.3) is 6.08 Å². The lowest BCUT2D eigenvalue weighted by Crippen LogP contribution is -2.18. The SMILES string of the molecule is COc1cc(N=C2NC(=O)SC2=Cc2cnn(C)c2)cc(OC)c1. The molecule has 1 saturated heterocycles. The van der Waals surface area contributed by atoms with E-state index in [1.54, 1.807) is 43.3 Å². The number of aromatic nitrogens is 2. The van der Waals surface area contributed by atoms with Gasteiger partial charge in [0.05, 0.1) is 31.0 Å². The van der Waals surface area contributed by atoms with Gasteiger partial charge in [-0.15, -0.1) is 0 Å². The van der Waals surface area contributed by atoms with Gasteiger partial charge in [0.15, 0.2) is 0 Å². The van der Waals surface area contributed by atoms with E-state index in [9.17, 15) is 4.79 Å². The highest BCUT2D eigenvalue weighted by atomic mass is 32.2. The Kier molecular flexibility index (Phi) is 4.57. The first-order valence-electron chi connectivity index (χ1n) is 7.08. The molecule has 0 unspecified atom stereocenters. The lowest BCUT2D eigenvalue weighted by Gasteiger charge is -2.06. The van der Waals surface area contributed by atoms with Crippen molar-refractivity contribution in [2.24, 2.45) is 12.0 Å². The summed E-state index contributed by atoms with van der Waals surface area (Å²) < 4.78 is 12.2. The Labute approximate surface area is 143 Å². The van der Waals surface area contributed by atoms with Gasteiger partial charge in [0.1, 0.15) is 17.3 Å². The van der Waals surface area contributed by atoms with Crippen LogP contribution in [0, 0.1) is 0 Å². The molecule has 1 N–H and O–H groups in total. The number of hydrogen-bond acceptors (Lipinski definition) is 6. The van der Waals surface area contributed by atoms with E-state index in [1.807, 2.05) is 19.3 Å². The number of hydrogen-bond donors (Lipinski definition) is 1. The van der Waals surface area contributed by atoms with E-state index >= 15 is 0 Å². The molecule has 7 nitrogen and oxygen atoms in total. The summed E-state index contributed by atoms with van der Waals surface area (Å²) >= 11 is 1.10. The smallest absolute Gasteiger partial charge is 0.289 e.